The van der Waals surface area contributed by atoms with Crippen LogP contribution in [0.25, 0.3) is 21.9 Å². The van der Waals surface area contributed by atoms with Crippen molar-refractivity contribution in [3.8, 4) is 11.1 Å². The third kappa shape index (κ3) is 4.13. The molecule has 5 rings (SSSR count). The van der Waals surface area contributed by atoms with Crippen molar-refractivity contribution in [1.29, 1.82) is 0 Å². The van der Waals surface area contributed by atoms with Gasteiger partial charge in [0, 0.05) is 47.9 Å². The van der Waals surface area contributed by atoms with Crippen LogP contribution < -0.4 is 10.9 Å². The highest BCUT2D eigenvalue weighted by Gasteiger charge is 2.27. The highest BCUT2D eigenvalue weighted by molar-refractivity contribution is 5.93. The number of carbonyl (C=O) groups excluding carboxylic acids is 1. The molecule has 0 bridgehead atoms. The van der Waals surface area contributed by atoms with Crippen molar-refractivity contribution in [3.05, 3.63) is 76.5 Å². The molecule has 1 fully saturated rings. The highest BCUT2D eigenvalue weighted by Crippen LogP contribution is 2.34. The number of amides is 1. The summed E-state index contributed by atoms with van der Waals surface area (Å²) in [6.45, 7) is 0. The van der Waals surface area contributed by atoms with Gasteiger partial charge in [0.05, 0.1) is 17.3 Å². The van der Waals surface area contributed by atoms with Crippen molar-refractivity contribution in [3.63, 3.8) is 0 Å². The van der Waals surface area contributed by atoms with Crippen molar-refractivity contribution in [1.82, 2.24) is 30.3 Å². The molecule has 8 nitrogen and oxygen atoms in total. The van der Waals surface area contributed by atoms with Crippen LogP contribution in [0.3, 0.4) is 0 Å². The quantitative estimate of drug-likeness (QED) is 0.500. The zero-order valence-corrected chi connectivity index (χ0v) is 18.1. The number of nitrogens with zero attached hydrogens (tertiary/aromatic N) is 4. The number of benzene rings is 1. The molecule has 0 spiro atoms. The van der Waals surface area contributed by atoms with Gasteiger partial charge >= 0.3 is 0 Å². The number of aryl methyl sites for hydroxylation is 1. The summed E-state index contributed by atoms with van der Waals surface area (Å²) < 4.78 is 16.2. The summed E-state index contributed by atoms with van der Waals surface area (Å²) in [5.74, 6) is -0.985. The van der Waals surface area contributed by atoms with Gasteiger partial charge in [0.25, 0.3) is 11.5 Å². The van der Waals surface area contributed by atoms with Gasteiger partial charge in [-0.15, -0.1) is 0 Å². The Hall–Kier alpha value is -3.88. The summed E-state index contributed by atoms with van der Waals surface area (Å²) in [6, 6.07) is 8.70. The number of hydrogen-bond donors (Lipinski definition) is 2. The first-order valence-electron chi connectivity index (χ1n) is 10.9. The molecule has 0 atom stereocenters. The number of rotatable bonds is 4. The fourth-order valence-electron chi connectivity index (χ4n) is 4.55. The van der Waals surface area contributed by atoms with Gasteiger partial charge in [0.15, 0.2) is 11.5 Å². The van der Waals surface area contributed by atoms with Crippen LogP contribution in [0.15, 0.2) is 53.7 Å². The number of pyridine rings is 1. The van der Waals surface area contributed by atoms with Gasteiger partial charge < -0.3 is 5.32 Å². The zero-order chi connectivity index (χ0) is 22.9. The molecule has 1 aromatic carbocycles. The van der Waals surface area contributed by atoms with E-state index in [1.807, 2.05) is 18.2 Å². The third-order valence-electron chi connectivity index (χ3n) is 6.27. The van der Waals surface area contributed by atoms with E-state index in [9.17, 15) is 14.0 Å². The summed E-state index contributed by atoms with van der Waals surface area (Å²) in [4.78, 5) is 28.8. The number of carbonyl (C=O) groups is 1. The van der Waals surface area contributed by atoms with Gasteiger partial charge in [-0.25, -0.2) is 14.5 Å². The number of nitrogens with one attached hydrogen (secondary N) is 2. The Morgan fingerprint density at radius 2 is 1.88 bits per heavy atom. The normalized spacial score (nSPS) is 18.4. The molecule has 1 aliphatic rings. The summed E-state index contributed by atoms with van der Waals surface area (Å²) in [6.07, 6.45) is 7.96. The standard InChI is InChI=1S/C24H23FN6O2/c1-31-13-16(12-27-31)15-10-20(25)22(26-11-15)24(33)28-17-8-6-14(7-9-17)21-18-4-2-3-5-19(18)23(32)30-29-21/h2-5,10-14,17H,6-9H2,1H3,(H,28,33)(H,30,32)/t14-,17-. The molecule has 0 radical (unpaired) electrons. The van der Waals surface area contributed by atoms with Crippen molar-refractivity contribution in [2.75, 3.05) is 0 Å². The lowest BCUT2D eigenvalue weighted by molar-refractivity contribution is 0.0916. The van der Waals surface area contributed by atoms with Gasteiger partial charge in [-0.05, 0) is 37.8 Å². The second kappa shape index (κ2) is 8.57. The van der Waals surface area contributed by atoms with Crippen molar-refractivity contribution >= 4 is 16.7 Å². The Morgan fingerprint density at radius 3 is 2.58 bits per heavy atom. The van der Waals surface area contributed by atoms with Crippen LogP contribution in [-0.4, -0.2) is 36.9 Å². The van der Waals surface area contributed by atoms with E-state index in [4.69, 9.17) is 0 Å². The summed E-state index contributed by atoms with van der Waals surface area (Å²) >= 11 is 0. The van der Waals surface area contributed by atoms with Crippen LogP contribution in [0.4, 0.5) is 4.39 Å². The summed E-state index contributed by atoms with van der Waals surface area (Å²) in [5, 5.41) is 15.4. The van der Waals surface area contributed by atoms with E-state index < -0.39 is 11.7 Å². The predicted molar refractivity (Wildman–Crippen MR) is 121 cm³/mol. The van der Waals surface area contributed by atoms with Crippen LogP contribution in [0, 0.1) is 5.82 Å². The van der Waals surface area contributed by atoms with Gasteiger partial charge in [0.2, 0.25) is 0 Å². The van der Waals surface area contributed by atoms with Gasteiger partial charge in [-0.2, -0.15) is 10.2 Å². The second-order valence-corrected chi connectivity index (χ2v) is 8.46. The minimum absolute atomic E-state index is 0.0676. The van der Waals surface area contributed by atoms with E-state index in [2.05, 4.69) is 25.6 Å². The fourth-order valence-corrected chi connectivity index (χ4v) is 4.55. The van der Waals surface area contributed by atoms with Crippen LogP contribution in [0.2, 0.25) is 0 Å². The molecular formula is C24H23FN6O2. The average Bonchev–Trinajstić information content (AvgIpc) is 3.26. The number of halogens is 1. The minimum Gasteiger partial charge on any atom is -0.348 e. The van der Waals surface area contributed by atoms with E-state index in [0.717, 1.165) is 42.3 Å². The topological polar surface area (TPSA) is 106 Å². The Balaban J connectivity index is 1.25. The van der Waals surface area contributed by atoms with E-state index in [1.165, 1.54) is 12.3 Å². The Kier molecular flexibility index (Phi) is 5.45. The molecule has 1 aliphatic carbocycles. The number of H-pyrrole nitrogens is 1. The summed E-state index contributed by atoms with van der Waals surface area (Å²) in [5.41, 5.74) is 1.78. The molecule has 0 aliphatic heterocycles. The van der Waals surface area contributed by atoms with E-state index in [0.29, 0.717) is 10.9 Å². The van der Waals surface area contributed by atoms with Crippen LogP contribution in [0.1, 0.15) is 47.8 Å². The van der Waals surface area contributed by atoms with Gasteiger partial charge in [-0.1, -0.05) is 18.2 Å². The predicted octanol–water partition coefficient (Wildman–Crippen LogP) is 3.31. The van der Waals surface area contributed by atoms with E-state index in [-0.39, 0.29) is 23.2 Å². The molecule has 168 valence electrons. The number of fused-ring (bicyclic) bond motifs is 1. The van der Waals surface area contributed by atoms with Crippen molar-refractivity contribution in [2.45, 2.75) is 37.6 Å². The fraction of sp³-hybridized carbons (Fsp3) is 0.292. The maximum Gasteiger partial charge on any atom is 0.273 e. The molecule has 0 saturated heterocycles. The number of aromatic amines is 1. The zero-order valence-electron chi connectivity index (χ0n) is 18.1. The van der Waals surface area contributed by atoms with Crippen molar-refractivity contribution < 1.29 is 9.18 Å². The maximum absolute atomic E-state index is 14.6. The van der Waals surface area contributed by atoms with Crippen LogP contribution in [-0.2, 0) is 7.05 Å². The Bertz CT molecular complexity index is 1390. The lowest BCUT2D eigenvalue weighted by Gasteiger charge is -2.29. The number of hydrogen-bond acceptors (Lipinski definition) is 5. The molecule has 1 amide bonds. The lowest BCUT2D eigenvalue weighted by atomic mass is 9.82. The molecule has 33 heavy (non-hydrogen) atoms. The number of aromatic nitrogens is 5. The van der Waals surface area contributed by atoms with Gasteiger partial charge in [-0.3, -0.25) is 14.3 Å². The summed E-state index contributed by atoms with van der Waals surface area (Å²) in [7, 11) is 1.78. The van der Waals surface area contributed by atoms with Gasteiger partial charge in [0.1, 0.15) is 0 Å². The Labute approximate surface area is 188 Å². The molecular weight excluding hydrogens is 423 g/mol. The monoisotopic (exact) mass is 446 g/mol. The first-order chi connectivity index (χ1) is 16.0. The smallest absolute Gasteiger partial charge is 0.273 e. The van der Waals surface area contributed by atoms with E-state index in [1.54, 1.807) is 30.2 Å². The van der Waals surface area contributed by atoms with Crippen LogP contribution in [0.5, 0.6) is 0 Å². The van der Waals surface area contributed by atoms with Crippen LogP contribution >= 0.6 is 0 Å². The lowest BCUT2D eigenvalue weighted by Crippen LogP contribution is -2.38. The molecule has 1 saturated carbocycles. The molecule has 0 unspecified atom stereocenters. The second-order valence-electron chi connectivity index (χ2n) is 8.46. The molecule has 3 aromatic heterocycles. The maximum atomic E-state index is 14.6. The highest BCUT2D eigenvalue weighted by atomic mass is 19.1. The van der Waals surface area contributed by atoms with Crippen molar-refractivity contribution in [2.24, 2.45) is 7.05 Å². The third-order valence-corrected chi connectivity index (χ3v) is 6.27. The molecule has 2 N–H and O–H groups in total. The molecule has 9 heteroatoms. The molecule has 3 heterocycles. The van der Waals surface area contributed by atoms with E-state index >= 15 is 0 Å². The average molecular weight is 446 g/mol. The largest absolute Gasteiger partial charge is 0.348 e. The Morgan fingerprint density at radius 1 is 1.12 bits per heavy atom. The molecule has 4 aromatic rings. The SMILES string of the molecule is Cn1cc(-c2cnc(C(=O)N[C@H]3CC[C@H](c4n[nH]c(=O)c5ccccc54)CC3)c(F)c2)cn1. The first kappa shape index (κ1) is 21.0. The first-order valence-corrected chi connectivity index (χ1v) is 10.9. The minimum atomic E-state index is -0.661.